The number of nitrogens with zero attached hydrogens (tertiary/aromatic N) is 1. The summed E-state index contributed by atoms with van der Waals surface area (Å²) in [5.41, 5.74) is 3.87. The van der Waals surface area contributed by atoms with E-state index in [2.05, 4.69) is 22.3 Å². The topological polar surface area (TPSA) is 69.3 Å². The maximum Gasteiger partial charge on any atom is 0.337 e. The predicted molar refractivity (Wildman–Crippen MR) is 142 cm³/mol. The zero-order chi connectivity index (χ0) is 25.5. The minimum absolute atomic E-state index is 0.149. The summed E-state index contributed by atoms with van der Waals surface area (Å²) >= 11 is 5.83. The Morgan fingerprint density at radius 2 is 1.69 bits per heavy atom. The van der Waals surface area contributed by atoms with Crippen molar-refractivity contribution in [1.82, 2.24) is 10.2 Å². The van der Waals surface area contributed by atoms with E-state index in [0.29, 0.717) is 41.1 Å². The van der Waals surface area contributed by atoms with Crippen LogP contribution in [0.25, 0.3) is 0 Å². The second-order valence-corrected chi connectivity index (χ2v) is 8.72. The summed E-state index contributed by atoms with van der Waals surface area (Å²) in [6.07, 6.45) is 0.813. The monoisotopic (exact) mass is 506 g/mol. The molecule has 36 heavy (non-hydrogen) atoms. The van der Waals surface area contributed by atoms with Gasteiger partial charge in [0, 0.05) is 13.1 Å². The van der Waals surface area contributed by atoms with E-state index in [-0.39, 0.29) is 12.0 Å². The predicted octanol–water partition coefficient (Wildman–Crippen LogP) is 4.54. The average molecular weight is 507 g/mol. The molecule has 1 aliphatic rings. The van der Waals surface area contributed by atoms with Crippen molar-refractivity contribution in [2.45, 2.75) is 19.0 Å². The molecule has 1 N–H and O–H groups in total. The largest absolute Gasteiger partial charge is 0.493 e. The summed E-state index contributed by atoms with van der Waals surface area (Å²) in [7, 11) is 4.63. The number of rotatable bonds is 8. The van der Waals surface area contributed by atoms with Crippen molar-refractivity contribution in [1.29, 1.82) is 0 Å². The van der Waals surface area contributed by atoms with Gasteiger partial charge >= 0.3 is 5.97 Å². The number of nitrogens with one attached hydrogen (secondary N) is 1. The highest BCUT2D eigenvalue weighted by Gasteiger charge is 2.31. The van der Waals surface area contributed by atoms with E-state index < -0.39 is 0 Å². The number of thiocarbonyl (C=S) groups is 1. The summed E-state index contributed by atoms with van der Waals surface area (Å²) in [5.74, 6) is 1.63. The van der Waals surface area contributed by atoms with Gasteiger partial charge in [-0.15, -0.1) is 0 Å². The molecule has 3 aromatic rings. The van der Waals surface area contributed by atoms with E-state index in [9.17, 15) is 4.79 Å². The van der Waals surface area contributed by atoms with Crippen LogP contribution in [0.3, 0.4) is 0 Å². The summed E-state index contributed by atoms with van der Waals surface area (Å²) in [4.78, 5) is 13.9. The molecule has 0 aromatic heterocycles. The Bertz CT molecular complexity index is 1200. The van der Waals surface area contributed by atoms with Gasteiger partial charge in [-0.1, -0.05) is 30.3 Å². The highest BCUT2D eigenvalue weighted by molar-refractivity contribution is 7.80. The fourth-order valence-electron chi connectivity index (χ4n) is 4.31. The lowest BCUT2D eigenvalue weighted by Gasteiger charge is -2.39. The normalized spacial score (nSPS) is 14.4. The van der Waals surface area contributed by atoms with Crippen molar-refractivity contribution < 1.29 is 23.7 Å². The van der Waals surface area contributed by atoms with E-state index >= 15 is 0 Å². The minimum atomic E-state index is -0.384. The van der Waals surface area contributed by atoms with Gasteiger partial charge in [-0.25, -0.2) is 4.79 Å². The molecule has 0 unspecified atom stereocenters. The molecule has 0 bridgehead atoms. The number of esters is 1. The zero-order valence-electron chi connectivity index (χ0n) is 20.7. The van der Waals surface area contributed by atoms with Crippen molar-refractivity contribution in [2.75, 3.05) is 34.5 Å². The van der Waals surface area contributed by atoms with E-state index in [1.54, 1.807) is 38.5 Å². The van der Waals surface area contributed by atoms with E-state index in [1.807, 2.05) is 30.3 Å². The van der Waals surface area contributed by atoms with E-state index in [1.165, 1.54) is 12.7 Å². The van der Waals surface area contributed by atoms with Crippen molar-refractivity contribution in [3.63, 3.8) is 0 Å². The first-order valence-electron chi connectivity index (χ1n) is 11.7. The third-order valence-electron chi connectivity index (χ3n) is 6.23. The number of benzene rings is 3. The third kappa shape index (κ3) is 5.71. The van der Waals surface area contributed by atoms with Gasteiger partial charge in [0.05, 0.1) is 32.9 Å². The SMILES string of the molecule is COC(=O)c1ccc(OC[C@@H]2c3cc(OC)c(OC)cc3CCN2C(=S)NCc2ccccc2)cc1. The fourth-order valence-corrected chi connectivity index (χ4v) is 4.60. The van der Waals surface area contributed by atoms with Crippen LogP contribution in [-0.2, 0) is 17.7 Å². The van der Waals surface area contributed by atoms with Gasteiger partial charge in [-0.05, 0) is 71.7 Å². The molecule has 0 saturated carbocycles. The first-order valence-corrected chi connectivity index (χ1v) is 12.1. The van der Waals surface area contributed by atoms with Crippen molar-refractivity contribution >= 4 is 23.3 Å². The van der Waals surface area contributed by atoms with Crippen LogP contribution < -0.4 is 19.5 Å². The van der Waals surface area contributed by atoms with Crippen LogP contribution in [0.1, 0.15) is 33.1 Å². The molecule has 7 nitrogen and oxygen atoms in total. The second kappa shape index (κ2) is 11.8. The quantitative estimate of drug-likeness (QED) is 0.353. The molecule has 1 aliphatic heterocycles. The van der Waals surface area contributed by atoms with Crippen molar-refractivity contribution in [3.05, 3.63) is 89.0 Å². The Balaban J connectivity index is 1.57. The molecule has 188 valence electrons. The van der Waals surface area contributed by atoms with Crippen molar-refractivity contribution in [3.8, 4) is 17.2 Å². The van der Waals surface area contributed by atoms with E-state index in [4.69, 9.17) is 31.2 Å². The summed E-state index contributed by atoms with van der Waals surface area (Å²) in [6.45, 7) is 1.73. The molecular weight excluding hydrogens is 476 g/mol. The third-order valence-corrected chi connectivity index (χ3v) is 6.61. The van der Waals surface area contributed by atoms with Gasteiger partial charge < -0.3 is 29.2 Å². The van der Waals surface area contributed by atoms with Gasteiger partial charge in [-0.2, -0.15) is 0 Å². The molecule has 1 heterocycles. The van der Waals surface area contributed by atoms with Gasteiger partial charge in [0.15, 0.2) is 16.6 Å². The number of methoxy groups -OCH3 is 3. The lowest BCUT2D eigenvalue weighted by atomic mass is 9.92. The van der Waals surface area contributed by atoms with Gasteiger partial charge in [0.25, 0.3) is 0 Å². The van der Waals surface area contributed by atoms with Gasteiger partial charge in [0.1, 0.15) is 12.4 Å². The van der Waals surface area contributed by atoms with Crippen LogP contribution in [-0.4, -0.2) is 50.5 Å². The first kappa shape index (κ1) is 25.3. The van der Waals surface area contributed by atoms with Crippen LogP contribution in [0.2, 0.25) is 0 Å². The maximum absolute atomic E-state index is 11.7. The number of carbonyl (C=O) groups is 1. The maximum atomic E-state index is 11.7. The Morgan fingerprint density at radius 1 is 1.00 bits per heavy atom. The molecule has 0 amide bonds. The van der Waals surface area contributed by atoms with Crippen molar-refractivity contribution in [2.24, 2.45) is 0 Å². The molecule has 1 atom stereocenters. The number of carbonyl (C=O) groups excluding carboxylic acids is 1. The second-order valence-electron chi connectivity index (χ2n) is 8.34. The Labute approximate surface area is 216 Å². The summed E-state index contributed by atoms with van der Waals surface area (Å²) in [5, 5.41) is 4.06. The average Bonchev–Trinajstić information content (AvgIpc) is 2.94. The lowest BCUT2D eigenvalue weighted by Crippen LogP contribution is -2.47. The molecule has 0 radical (unpaired) electrons. The molecule has 3 aromatic carbocycles. The van der Waals surface area contributed by atoms with Crippen LogP contribution in [0.5, 0.6) is 17.2 Å². The Hall–Kier alpha value is -3.78. The smallest absolute Gasteiger partial charge is 0.337 e. The van der Waals surface area contributed by atoms with Crippen LogP contribution >= 0.6 is 12.2 Å². The van der Waals surface area contributed by atoms with E-state index in [0.717, 1.165) is 24.1 Å². The standard InChI is InChI=1S/C28H30N2O5S/c1-32-25-15-21-13-14-30(28(36)29-17-19-7-5-4-6-8-19)24(23(21)16-26(25)33-2)18-35-22-11-9-20(10-12-22)27(31)34-3/h4-12,15-16,24H,13-14,17-18H2,1-3H3,(H,29,36)/t24-/m1/s1. The molecule has 4 rings (SSSR count). The number of hydrogen-bond acceptors (Lipinski definition) is 6. The number of hydrogen-bond donors (Lipinski definition) is 1. The minimum Gasteiger partial charge on any atom is -0.493 e. The molecule has 0 saturated heterocycles. The molecule has 0 fully saturated rings. The van der Waals surface area contributed by atoms with Gasteiger partial charge in [-0.3, -0.25) is 0 Å². The van der Waals surface area contributed by atoms with Gasteiger partial charge in [0.2, 0.25) is 0 Å². The lowest BCUT2D eigenvalue weighted by molar-refractivity contribution is 0.0600. The molecule has 0 aliphatic carbocycles. The highest BCUT2D eigenvalue weighted by Crippen LogP contribution is 2.38. The van der Waals surface area contributed by atoms with Crippen LogP contribution in [0.4, 0.5) is 0 Å². The Morgan fingerprint density at radius 3 is 2.36 bits per heavy atom. The Kier molecular flexibility index (Phi) is 8.28. The number of ether oxygens (including phenoxy) is 4. The molecule has 0 spiro atoms. The first-order chi connectivity index (χ1) is 17.5. The zero-order valence-corrected chi connectivity index (χ0v) is 21.5. The van der Waals surface area contributed by atoms with Crippen LogP contribution in [0.15, 0.2) is 66.7 Å². The summed E-state index contributed by atoms with van der Waals surface area (Å²) in [6, 6.07) is 21.0. The fraction of sp³-hybridized carbons (Fsp3) is 0.286. The molecular formula is C28H30N2O5S. The highest BCUT2D eigenvalue weighted by atomic mass is 32.1. The number of fused-ring (bicyclic) bond motifs is 1. The molecule has 8 heteroatoms. The summed E-state index contributed by atoms with van der Waals surface area (Å²) < 4.78 is 22.1. The van der Waals surface area contributed by atoms with Crippen LogP contribution in [0, 0.1) is 0 Å².